The van der Waals surface area contributed by atoms with Gasteiger partial charge in [-0.3, -0.25) is 14.5 Å². The van der Waals surface area contributed by atoms with Crippen LogP contribution in [0.25, 0.3) is 16.7 Å². The Balaban J connectivity index is 1.75. The van der Waals surface area contributed by atoms with Gasteiger partial charge in [0.2, 0.25) is 11.8 Å². The molecule has 134 valence electrons. The predicted molar refractivity (Wildman–Crippen MR) is 96.4 cm³/mol. The molecule has 2 amide bonds. The minimum absolute atomic E-state index is 0.177. The number of ether oxygens (including phenoxy) is 1. The molecule has 1 aromatic carbocycles. The molecule has 6 heteroatoms. The van der Waals surface area contributed by atoms with E-state index in [4.69, 9.17) is 9.15 Å². The SMILES string of the molecule is CC1=C(O)C(C)=C(c2cc3cc(N4C(=O)CCCC4=O)ccc3o2)OC1. The van der Waals surface area contributed by atoms with Gasteiger partial charge in [-0.1, -0.05) is 0 Å². The summed E-state index contributed by atoms with van der Waals surface area (Å²) in [5, 5.41) is 10.9. The quantitative estimate of drug-likeness (QED) is 0.823. The van der Waals surface area contributed by atoms with Crippen LogP contribution in [0.4, 0.5) is 5.69 Å². The number of nitrogens with zero attached hydrogens (tertiary/aromatic N) is 1. The van der Waals surface area contributed by atoms with Crippen molar-refractivity contribution < 1.29 is 23.8 Å². The highest BCUT2D eigenvalue weighted by atomic mass is 16.5. The molecule has 2 aliphatic rings. The van der Waals surface area contributed by atoms with Crippen molar-refractivity contribution in [3.63, 3.8) is 0 Å². The first kappa shape index (κ1) is 16.4. The highest BCUT2D eigenvalue weighted by Crippen LogP contribution is 2.35. The van der Waals surface area contributed by atoms with Crippen LogP contribution in [0, 0.1) is 0 Å². The van der Waals surface area contributed by atoms with Crippen molar-refractivity contribution in [1.82, 2.24) is 0 Å². The summed E-state index contributed by atoms with van der Waals surface area (Å²) in [7, 11) is 0. The first-order valence-corrected chi connectivity index (χ1v) is 8.58. The summed E-state index contributed by atoms with van der Waals surface area (Å²) in [6.07, 6.45) is 1.37. The van der Waals surface area contributed by atoms with E-state index in [1.54, 1.807) is 31.2 Å². The lowest BCUT2D eigenvalue weighted by Crippen LogP contribution is -2.40. The summed E-state index contributed by atoms with van der Waals surface area (Å²) in [5.41, 5.74) is 2.56. The Morgan fingerprint density at radius 3 is 2.54 bits per heavy atom. The molecule has 6 nitrogen and oxygen atoms in total. The number of imide groups is 1. The first-order chi connectivity index (χ1) is 12.5. The molecule has 2 aromatic rings. The number of rotatable bonds is 2. The second kappa shape index (κ2) is 6.05. The number of piperidine rings is 1. The van der Waals surface area contributed by atoms with E-state index in [2.05, 4.69) is 0 Å². The van der Waals surface area contributed by atoms with Crippen molar-refractivity contribution in [3.8, 4) is 0 Å². The maximum Gasteiger partial charge on any atom is 0.233 e. The van der Waals surface area contributed by atoms with Crippen LogP contribution in [-0.4, -0.2) is 23.5 Å². The van der Waals surface area contributed by atoms with Crippen LogP contribution in [-0.2, 0) is 14.3 Å². The average Bonchev–Trinajstić information content (AvgIpc) is 3.02. The number of carbonyl (C=O) groups excluding carboxylic acids is 2. The number of furan rings is 1. The minimum atomic E-state index is -0.177. The maximum atomic E-state index is 12.1. The summed E-state index contributed by atoms with van der Waals surface area (Å²) in [5.74, 6) is 0.867. The fourth-order valence-electron chi connectivity index (χ4n) is 3.36. The van der Waals surface area contributed by atoms with Gasteiger partial charge in [-0.25, -0.2) is 0 Å². The Hall–Kier alpha value is -3.02. The lowest BCUT2D eigenvalue weighted by atomic mass is 10.1. The van der Waals surface area contributed by atoms with E-state index in [1.165, 1.54) is 4.90 Å². The molecule has 2 aliphatic heterocycles. The molecule has 0 spiro atoms. The number of hydrogen-bond acceptors (Lipinski definition) is 5. The molecule has 0 unspecified atom stereocenters. The summed E-state index contributed by atoms with van der Waals surface area (Å²) in [6.45, 7) is 3.89. The van der Waals surface area contributed by atoms with E-state index in [1.807, 2.05) is 6.92 Å². The van der Waals surface area contributed by atoms with E-state index >= 15 is 0 Å². The largest absolute Gasteiger partial charge is 0.507 e. The van der Waals surface area contributed by atoms with Gasteiger partial charge in [-0.05, 0) is 44.5 Å². The van der Waals surface area contributed by atoms with E-state index in [-0.39, 0.29) is 17.6 Å². The molecule has 3 heterocycles. The van der Waals surface area contributed by atoms with Crippen molar-refractivity contribution in [3.05, 3.63) is 46.9 Å². The molecule has 26 heavy (non-hydrogen) atoms. The van der Waals surface area contributed by atoms with Crippen LogP contribution >= 0.6 is 0 Å². The third kappa shape index (κ3) is 2.58. The lowest BCUT2D eigenvalue weighted by molar-refractivity contribution is -0.129. The smallest absolute Gasteiger partial charge is 0.233 e. The van der Waals surface area contributed by atoms with Crippen LogP contribution in [0.2, 0.25) is 0 Å². The highest BCUT2D eigenvalue weighted by Gasteiger charge is 2.28. The molecule has 1 N–H and O–H groups in total. The molecular formula is C20H19NO5. The second-order valence-corrected chi connectivity index (χ2v) is 6.68. The van der Waals surface area contributed by atoms with E-state index in [0.29, 0.717) is 54.2 Å². The van der Waals surface area contributed by atoms with Crippen LogP contribution < -0.4 is 4.90 Å². The molecular weight excluding hydrogens is 334 g/mol. The number of benzene rings is 1. The first-order valence-electron chi connectivity index (χ1n) is 8.58. The second-order valence-electron chi connectivity index (χ2n) is 6.68. The minimum Gasteiger partial charge on any atom is -0.507 e. The number of hydrogen-bond donors (Lipinski definition) is 1. The van der Waals surface area contributed by atoms with E-state index in [0.717, 1.165) is 11.0 Å². The van der Waals surface area contributed by atoms with Crippen molar-refractivity contribution >= 4 is 34.2 Å². The third-order valence-electron chi connectivity index (χ3n) is 4.80. The summed E-state index contributed by atoms with van der Waals surface area (Å²) < 4.78 is 11.6. The topological polar surface area (TPSA) is 80.0 Å². The van der Waals surface area contributed by atoms with Crippen molar-refractivity contribution in [1.29, 1.82) is 0 Å². The van der Waals surface area contributed by atoms with Gasteiger partial charge in [0, 0.05) is 29.4 Å². The molecule has 0 bridgehead atoms. The van der Waals surface area contributed by atoms with E-state index < -0.39 is 0 Å². The molecule has 1 fully saturated rings. The van der Waals surface area contributed by atoms with Gasteiger partial charge in [0.1, 0.15) is 17.9 Å². The molecule has 1 saturated heterocycles. The van der Waals surface area contributed by atoms with Gasteiger partial charge in [-0.2, -0.15) is 0 Å². The Kier molecular flexibility index (Phi) is 3.83. The summed E-state index contributed by atoms with van der Waals surface area (Å²) >= 11 is 0. The number of amides is 2. The number of allylic oxidation sites excluding steroid dienone is 1. The van der Waals surface area contributed by atoms with Crippen LogP contribution in [0.1, 0.15) is 38.9 Å². The van der Waals surface area contributed by atoms with Crippen LogP contribution in [0.5, 0.6) is 0 Å². The zero-order chi connectivity index (χ0) is 18.4. The Morgan fingerprint density at radius 1 is 1.08 bits per heavy atom. The van der Waals surface area contributed by atoms with Gasteiger partial charge >= 0.3 is 0 Å². The zero-order valence-electron chi connectivity index (χ0n) is 14.7. The van der Waals surface area contributed by atoms with Gasteiger partial charge in [0.15, 0.2) is 11.5 Å². The lowest BCUT2D eigenvalue weighted by Gasteiger charge is -2.24. The number of aliphatic hydroxyl groups excluding tert-OH is 1. The molecule has 0 saturated carbocycles. The highest BCUT2D eigenvalue weighted by molar-refractivity contribution is 6.16. The zero-order valence-corrected chi connectivity index (χ0v) is 14.7. The van der Waals surface area contributed by atoms with Gasteiger partial charge in [-0.15, -0.1) is 0 Å². The van der Waals surface area contributed by atoms with Crippen molar-refractivity contribution in [2.45, 2.75) is 33.1 Å². The monoisotopic (exact) mass is 353 g/mol. The Morgan fingerprint density at radius 2 is 1.81 bits per heavy atom. The number of anilines is 1. The van der Waals surface area contributed by atoms with Gasteiger partial charge in [0.25, 0.3) is 0 Å². The normalized spacial score (nSPS) is 18.8. The molecule has 4 rings (SSSR count). The van der Waals surface area contributed by atoms with Gasteiger partial charge < -0.3 is 14.3 Å². The predicted octanol–water partition coefficient (Wildman–Crippen LogP) is 4.07. The molecule has 0 aliphatic carbocycles. The Bertz CT molecular complexity index is 979. The summed E-state index contributed by atoms with van der Waals surface area (Å²) in [4.78, 5) is 25.5. The number of aliphatic hydroxyl groups is 1. The fourth-order valence-corrected chi connectivity index (χ4v) is 3.36. The average molecular weight is 353 g/mol. The van der Waals surface area contributed by atoms with E-state index in [9.17, 15) is 14.7 Å². The Labute approximate surface area is 150 Å². The standard InChI is InChI=1S/C20H19NO5/c1-11-10-25-20(12(2)19(11)24)16-9-13-8-14(6-7-15(13)26-16)21-17(22)4-3-5-18(21)23/h6-9,24H,3-5,10H2,1-2H3. The van der Waals surface area contributed by atoms with Crippen LogP contribution in [0.15, 0.2) is 45.6 Å². The number of fused-ring (bicyclic) bond motifs is 1. The fraction of sp³-hybridized carbons (Fsp3) is 0.300. The molecule has 0 radical (unpaired) electrons. The van der Waals surface area contributed by atoms with Gasteiger partial charge in [0.05, 0.1) is 5.69 Å². The molecule has 1 aromatic heterocycles. The summed E-state index contributed by atoms with van der Waals surface area (Å²) in [6, 6.07) is 7.01. The molecule has 0 atom stereocenters. The van der Waals surface area contributed by atoms with Crippen LogP contribution in [0.3, 0.4) is 0 Å². The maximum absolute atomic E-state index is 12.1. The number of carbonyl (C=O) groups is 2. The third-order valence-corrected chi connectivity index (χ3v) is 4.80. The van der Waals surface area contributed by atoms with Crippen molar-refractivity contribution in [2.75, 3.05) is 11.5 Å². The van der Waals surface area contributed by atoms with Crippen molar-refractivity contribution in [2.24, 2.45) is 0 Å².